The molecule has 0 aliphatic heterocycles. The molecule has 4 nitrogen and oxygen atoms in total. The van der Waals surface area contributed by atoms with E-state index in [1.165, 1.54) is 0 Å². The summed E-state index contributed by atoms with van der Waals surface area (Å²) in [7, 11) is 3.46. The molecule has 0 aliphatic rings. The van der Waals surface area contributed by atoms with Crippen LogP contribution in [0.25, 0.3) is 0 Å². The van der Waals surface area contributed by atoms with Crippen molar-refractivity contribution in [1.82, 2.24) is 5.32 Å². The first-order valence-corrected chi connectivity index (χ1v) is 6.04. The zero-order valence-corrected chi connectivity index (χ0v) is 11.4. The van der Waals surface area contributed by atoms with Crippen molar-refractivity contribution in [2.24, 2.45) is 5.92 Å². The van der Waals surface area contributed by atoms with E-state index in [-0.39, 0.29) is 6.04 Å². The fourth-order valence-corrected chi connectivity index (χ4v) is 1.98. The highest BCUT2D eigenvalue weighted by atomic mass is 16.5. The SMILES string of the molecule is CNC(CC(C)C(=O)O)c1cc(C)ccc1OC. The zero-order valence-electron chi connectivity index (χ0n) is 11.4. The molecule has 0 spiro atoms. The molecular formula is C14H21NO3. The molecule has 1 rings (SSSR count). The number of benzene rings is 1. The van der Waals surface area contributed by atoms with Crippen molar-refractivity contribution in [2.45, 2.75) is 26.3 Å². The predicted octanol–water partition coefficient (Wildman–Crippen LogP) is 2.37. The van der Waals surface area contributed by atoms with Crippen LogP contribution < -0.4 is 10.1 Å². The summed E-state index contributed by atoms with van der Waals surface area (Å²) in [5, 5.41) is 12.2. The van der Waals surface area contributed by atoms with Crippen molar-refractivity contribution >= 4 is 5.97 Å². The Balaban J connectivity index is 3.00. The molecule has 2 N–H and O–H groups in total. The Hall–Kier alpha value is -1.55. The van der Waals surface area contributed by atoms with Crippen LogP contribution >= 0.6 is 0 Å². The smallest absolute Gasteiger partial charge is 0.306 e. The highest BCUT2D eigenvalue weighted by Crippen LogP contribution is 2.30. The van der Waals surface area contributed by atoms with Crippen LogP contribution in [-0.2, 0) is 4.79 Å². The number of methoxy groups -OCH3 is 1. The van der Waals surface area contributed by atoms with Crippen LogP contribution in [-0.4, -0.2) is 25.2 Å². The summed E-state index contributed by atoms with van der Waals surface area (Å²) >= 11 is 0. The molecule has 0 radical (unpaired) electrons. The van der Waals surface area contributed by atoms with Crippen molar-refractivity contribution in [3.8, 4) is 5.75 Å². The molecular weight excluding hydrogens is 230 g/mol. The van der Waals surface area contributed by atoms with E-state index in [1.807, 2.05) is 32.2 Å². The van der Waals surface area contributed by atoms with Crippen LogP contribution in [0.5, 0.6) is 5.75 Å². The Morgan fingerprint density at radius 2 is 2.17 bits per heavy atom. The average Bonchev–Trinajstić information content (AvgIpc) is 2.35. The number of carbonyl (C=O) groups is 1. The van der Waals surface area contributed by atoms with Gasteiger partial charge in [0.1, 0.15) is 5.75 Å². The molecule has 0 saturated carbocycles. The van der Waals surface area contributed by atoms with Crippen LogP contribution in [0.15, 0.2) is 18.2 Å². The maximum absolute atomic E-state index is 10.9. The van der Waals surface area contributed by atoms with Gasteiger partial charge in [0.2, 0.25) is 0 Å². The third-order valence-corrected chi connectivity index (χ3v) is 3.12. The largest absolute Gasteiger partial charge is 0.496 e. The predicted molar refractivity (Wildman–Crippen MR) is 70.9 cm³/mol. The summed E-state index contributed by atoms with van der Waals surface area (Å²) in [4.78, 5) is 10.9. The van der Waals surface area contributed by atoms with E-state index in [0.29, 0.717) is 6.42 Å². The first kappa shape index (κ1) is 14.5. The van der Waals surface area contributed by atoms with Gasteiger partial charge in [0.05, 0.1) is 13.0 Å². The molecule has 1 aromatic carbocycles. The minimum Gasteiger partial charge on any atom is -0.496 e. The molecule has 2 unspecified atom stereocenters. The van der Waals surface area contributed by atoms with Gasteiger partial charge in [0.15, 0.2) is 0 Å². The van der Waals surface area contributed by atoms with Gasteiger partial charge in [-0.15, -0.1) is 0 Å². The third-order valence-electron chi connectivity index (χ3n) is 3.12. The van der Waals surface area contributed by atoms with Crippen molar-refractivity contribution in [3.05, 3.63) is 29.3 Å². The monoisotopic (exact) mass is 251 g/mol. The lowest BCUT2D eigenvalue weighted by Gasteiger charge is -2.21. The van der Waals surface area contributed by atoms with E-state index < -0.39 is 11.9 Å². The molecule has 0 aliphatic carbocycles. The van der Waals surface area contributed by atoms with E-state index in [4.69, 9.17) is 9.84 Å². The normalized spacial score (nSPS) is 14.0. The third kappa shape index (κ3) is 3.47. The molecule has 0 fully saturated rings. The van der Waals surface area contributed by atoms with Gasteiger partial charge in [-0.05, 0) is 26.5 Å². The van der Waals surface area contributed by atoms with E-state index in [9.17, 15) is 4.79 Å². The van der Waals surface area contributed by atoms with Crippen LogP contribution in [0.1, 0.15) is 30.5 Å². The Kier molecular flexibility index (Phi) is 5.16. The standard InChI is InChI=1S/C14H21NO3/c1-9-5-6-13(18-4)11(7-9)12(15-3)8-10(2)14(16)17/h5-7,10,12,15H,8H2,1-4H3,(H,16,17). The summed E-state index contributed by atoms with van der Waals surface area (Å²) in [5.74, 6) is -0.382. The van der Waals surface area contributed by atoms with E-state index in [1.54, 1.807) is 14.0 Å². The molecule has 0 bridgehead atoms. The molecule has 18 heavy (non-hydrogen) atoms. The summed E-state index contributed by atoms with van der Waals surface area (Å²) in [5.41, 5.74) is 2.14. The van der Waals surface area contributed by atoms with Crippen molar-refractivity contribution in [3.63, 3.8) is 0 Å². The lowest BCUT2D eigenvalue weighted by molar-refractivity contribution is -0.141. The highest BCUT2D eigenvalue weighted by molar-refractivity contribution is 5.69. The quantitative estimate of drug-likeness (QED) is 0.815. The second kappa shape index (κ2) is 6.40. The van der Waals surface area contributed by atoms with Gasteiger partial charge < -0.3 is 15.2 Å². The second-order valence-corrected chi connectivity index (χ2v) is 4.56. The van der Waals surface area contributed by atoms with Gasteiger partial charge in [0, 0.05) is 11.6 Å². The summed E-state index contributed by atoms with van der Waals surface area (Å²) in [6, 6.07) is 5.91. The molecule has 1 aromatic rings. The second-order valence-electron chi connectivity index (χ2n) is 4.56. The van der Waals surface area contributed by atoms with Crippen molar-refractivity contribution in [2.75, 3.05) is 14.2 Å². The lowest BCUT2D eigenvalue weighted by Crippen LogP contribution is -2.23. The number of aryl methyl sites for hydroxylation is 1. The summed E-state index contributed by atoms with van der Waals surface area (Å²) in [6.07, 6.45) is 0.533. The van der Waals surface area contributed by atoms with Gasteiger partial charge in [-0.3, -0.25) is 4.79 Å². The first-order chi connectivity index (χ1) is 8.49. The Morgan fingerprint density at radius 1 is 1.50 bits per heavy atom. The molecule has 4 heteroatoms. The minimum atomic E-state index is -0.776. The van der Waals surface area contributed by atoms with E-state index in [2.05, 4.69) is 5.32 Å². The fraction of sp³-hybridized carbons (Fsp3) is 0.500. The van der Waals surface area contributed by atoms with Gasteiger partial charge >= 0.3 is 5.97 Å². The number of aliphatic carboxylic acids is 1. The van der Waals surface area contributed by atoms with Crippen LogP contribution in [0.3, 0.4) is 0 Å². The number of carboxylic acid groups (broad SMARTS) is 1. The van der Waals surface area contributed by atoms with Gasteiger partial charge in [0.25, 0.3) is 0 Å². The number of hydrogen-bond acceptors (Lipinski definition) is 3. The fourth-order valence-electron chi connectivity index (χ4n) is 1.98. The molecule has 0 heterocycles. The number of nitrogens with one attached hydrogen (secondary N) is 1. The molecule has 2 atom stereocenters. The molecule has 0 amide bonds. The Bertz CT molecular complexity index is 418. The van der Waals surface area contributed by atoms with Gasteiger partial charge in [-0.1, -0.05) is 24.6 Å². The van der Waals surface area contributed by atoms with Crippen LogP contribution in [0, 0.1) is 12.8 Å². The van der Waals surface area contributed by atoms with Crippen molar-refractivity contribution in [1.29, 1.82) is 0 Å². The zero-order chi connectivity index (χ0) is 13.7. The highest BCUT2D eigenvalue weighted by Gasteiger charge is 2.21. The number of ether oxygens (including phenoxy) is 1. The maximum Gasteiger partial charge on any atom is 0.306 e. The van der Waals surface area contributed by atoms with E-state index in [0.717, 1.165) is 16.9 Å². The summed E-state index contributed by atoms with van der Waals surface area (Å²) < 4.78 is 5.34. The summed E-state index contributed by atoms with van der Waals surface area (Å²) in [6.45, 7) is 3.73. The van der Waals surface area contributed by atoms with Gasteiger partial charge in [-0.2, -0.15) is 0 Å². The molecule has 0 aromatic heterocycles. The Labute approximate surface area is 108 Å². The van der Waals surface area contributed by atoms with Crippen LogP contribution in [0.2, 0.25) is 0 Å². The van der Waals surface area contributed by atoms with Crippen molar-refractivity contribution < 1.29 is 14.6 Å². The number of rotatable bonds is 6. The maximum atomic E-state index is 10.9. The topological polar surface area (TPSA) is 58.6 Å². The van der Waals surface area contributed by atoms with Gasteiger partial charge in [-0.25, -0.2) is 0 Å². The lowest BCUT2D eigenvalue weighted by atomic mass is 9.94. The Morgan fingerprint density at radius 3 is 2.67 bits per heavy atom. The minimum absolute atomic E-state index is 0.0223. The first-order valence-electron chi connectivity index (χ1n) is 6.04. The molecule has 100 valence electrons. The number of hydrogen-bond donors (Lipinski definition) is 2. The van der Waals surface area contributed by atoms with E-state index >= 15 is 0 Å². The number of carboxylic acids is 1. The molecule has 0 saturated heterocycles. The average molecular weight is 251 g/mol. The van der Waals surface area contributed by atoms with Crippen LogP contribution in [0.4, 0.5) is 0 Å².